The van der Waals surface area contributed by atoms with Crippen molar-refractivity contribution in [1.82, 2.24) is 14.3 Å². The Morgan fingerprint density at radius 2 is 2.05 bits per heavy atom. The van der Waals surface area contributed by atoms with Gasteiger partial charge < -0.3 is 0 Å². The number of aryl methyl sites for hydroxylation is 1. The molecule has 106 valence electrons. The number of nitrogens with one attached hydrogen (secondary N) is 1. The van der Waals surface area contributed by atoms with Crippen molar-refractivity contribution < 1.29 is 13.2 Å². The van der Waals surface area contributed by atoms with E-state index in [1.165, 1.54) is 10.9 Å². The number of rotatable bonds is 4. The van der Waals surface area contributed by atoms with Crippen molar-refractivity contribution in [3.05, 3.63) is 40.9 Å². The van der Waals surface area contributed by atoms with Gasteiger partial charge in [0.1, 0.15) is 0 Å². The molecule has 0 radical (unpaired) electrons. The van der Waals surface area contributed by atoms with Crippen LogP contribution in [0.5, 0.6) is 0 Å². The summed E-state index contributed by atoms with van der Waals surface area (Å²) in [6.45, 7) is 0.0675. The third kappa shape index (κ3) is 3.41. The smallest absolute Gasteiger partial charge is 0.261 e. The van der Waals surface area contributed by atoms with Gasteiger partial charge in [-0.3, -0.25) is 18.9 Å². The first-order valence-corrected chi connectivity index (χ1v) is 7.71. The number of amides is 1. The molecule has 0 fully saturated rings. The van der Waals surface area contributed by atoms with Gasteiger partial charge in [0.05, 0.1) is 23.5 Å². The van der Waals surface area contributed by atoms with Crippen LogP contribution in [0.2, 0.25) is 0 Å². The summed E-state index contributed by atoms with van der Waals surface area (Å²) >= 11 is 0. The Kier molecular flexibility index (Phi) is 3.84. The zero-order chi connectivity index (χ0) is 14.8. The van der Waals surface area contributed by atoms with E-state index in [0.29, 0.717) is 10.9 Å². The van der Waals surface area contributed by atoms with E-state index in [0.717, 1.165) is 6.26 Å². The van der Waals surface area contributed by atoms with Crippen molar-refractivity contribution in [2.45, 2.75) is 13.0 Å². The summed E-state index contributed by atoms with van der Waals surface area (Å²) in [4.78, 5) is 27.6. The molecule has 0 saturated carbocycles. The first-order chi connectivity index (χ1) is 9.37. The number of benzene rings is 1. The number of para-hydroxylation sites is 1. The molecule has 0 aliphatic rings. The van der Waals surface area contributed by atoms with Crippen LogP contribution in [0, 0.1) is 0 Å². The van der Waals surface area contributed by atoms with E-state index in [1.54, 1.807) is 24.3 Å². The van der Waals surface area contributed by atoms with Crippen LogP contribution >= 0.6 is 0 Å². The third-order valence-electron chi connectivity index (χ3n) is 2.61. The third-order valence-corrected chi connectivity index (χ3v) is 3.21. The molecule has 1 aromatic carbocycles. The van der Waals surface area contributed by atoms with Crippen LogP contribution in [0.15, 0.2) is 35.4 Å². The highest BCUT2D eigenvalue weighted by molar-refractivity contribution is 7.89. The van der Waals surface area contributed by atoms with Crippen molar-refractivity contribution in [1.29, 1.82) is 0 Å². The molecule has 1 amide bonds. The molecule has 1 heterocycles. The molecular formula is C12H13N3O4S. The van der Waals surface area contributed by atoms with Crippen LogP contribution in [0.4, 0.5) is 0 Å². The molecule has 0 bridgehead atoms. The van der Waals surface area contributed by atoms with Crippen LogP contribution in [0.1, 0.15) is 6.42 Å². The van der Waals surface area contributed by atoms with Gasteiger partial charge in [-0.1, -0.05) is 12.1 Å². The number of fused-ring (bicyclic) bond motifs is 1. The topological polar surface area (TPSA) is 98.1 Å². The van der Waals surface area contributed by atoms with E-state index in [4.69, 9.17) is 0 Å². The molecule has 0 aliphatic heterocycles. The van der Waals surface area contributed by atoms with Crippen LogP contribution < -0.4 is 10.3 Å². The largest absolute Gasteiger partial charge is 0.298 e. The molecule has 1 aromatic heterocycles. The Hall–Kier alpha value is -2.22. The SMILES string of the molecule is CS(=O)(=O)NC(=O)CCn1cnc2ccccc2c1=O. The second-order valence-electron chi connectivity index (χ2n) is 4.31. The molecule has 1 N–H and O–H groups in total. The van der Waals surface area contributed by atoms with Crippen LogP contribution in [-0.4, -0.2) is 30.1 Å². The second-order valence-corrected chi connectivity index (χ2v) is 6.06. The first kappa shape index (κ1) is 14.2. The quantitative estimate of drug-likeness (QED) is 0.846. The lowest BCUT2D eigenvalue weighted by atomic mass is 10.2. The highest BCUT2D eigenvalue weighted by atomic mass is 32.2. The van der Waals surface area contributed by atoms with Gasteiger partial charge in [-0.05, 0) is 12.1 Å². The summed E-state index contributed by atoms with van der Waals surface area (Å²) in [6.07, 6.45) is 2.13. The normalized spacial score (nSPS) is 11.4. The lowest BCUT2D eigenvalue weighted by Crippen LogP contribution is -2.31. The van der Waals surface area contributed by atoms with E-state index >= 15 is 0 Å². The lowest BCUT2D eigenvalue weighted by Gasteiger charge is -2.06. The zero-order valence-electron chi connectivity index (χ0n) is 10.7. The minimum Gasteiger partial charge on any atom is -0.298 e. The van der Waals surface area contributed by atoms with Crippen LogP contribution in [0.3, 0.4) is 0 Å². The first-order valence-electron chi connectivity index (χ1n) is 5.81. The Balaban J connectivity index is 2.17. The number of hydrogen-bond acceptors (Lipinski definition) is 5. The molecular weight excluding hydrogens is 282 g/mol. The maximum Gasteiger partial charge on any atom is 0.261 e. The lowest BCUT2D eigenvalue weighted by molar-refractivity contribution is -0.119. The monoisotopic (exact) mass is 295 g/mol. The fourth-order valence-electron chi connectivity index (χ4n) is 1.75. The minimum absolute atomic E-state index is 0.0675. The van der Waals surface area contributed by atoms with E-state index in [2.05, 4.69) is 4.98 Å². The summed E-state index contributed by atoms with van der Waals surface area (Å²) in [5.74, 6) is -0.660. The summed E-state index contributed by atoms with van der Waals surface area (Å²) in [5.41, 5.74) is 0.317. The Bertz CT molecular complexity index is 811. The molecule has 7 nitrogen and oxygen atoms in total. The van der Waals surface area contributed by atoms with Crippen molar-refractivity contribution in [3.63, 3.8) is 0 Å². The van der Waals surface area contributed by atoms with Crippen molar-refractivity contribution in [3.8, 4) is 0 Å². The van der Waals surface area contributed by atoms with Crippen LogP contribution in [-0.2, 0) is 21.4 Å². The predicted octanol–water partition coefficient (Wildman–Crippen LogP) is -0.138. The fourth-order valence-corrected chi connectivity index (χ4v) is 2.26. The molecule has 0 atom stereocenters. The Labute approximate surface area is 115 Å². The predicted molar refractivity (Wildman–Crippen MR) is 73.6 cm³/mol. The highest BCUT2D eigenvalue weighted by Gasteiger charge is 2.09. The van der Waals surface area contributed by atoms with E-state index in [9.17, 15) is 18.0 Å². The highest BCUT2D eigenvalue weighted by Crippen LogP contribution is 2.04. The number of carbonyl (C=O) groups is 1. The summed E-state index contributed by atoms with van der Waals surface area (Å²) in [5, 5.41) is 0.457. The molecule has 0 spiro atoms. The molecule has 2 aromatic rings. The van der Waals surface area contributed by atoms with E-state index in [1.807, 2.05) is 4.72 Å². The molecule has 0 saturated heterocycles. The molecule has 0 aliphatic carbocycles. The number of carbonyl (C=O) groups excluding carboxylic acids is 1. The molecule has 2 rings (SSSR count). The number of nitrogens with zero attached hydrogens (tertiary/aromatic N) is 2. The maximum absolute atomic E-state index is 12.1. The van der Waals surface area contributed by atoms with Gasteiger partial charge >= 0.3 is 0 Å². The van der Waals surface area contributed by atoms with Gasteiger partial charge in [0.2, 0.25) is 15.9 Å². The van der Waals surface area contributed by atoms with Gasteiger partial charge in [-0.2, -0.15) is 0 Å². The zero-order valence-corrected chi connectivity index (χ0v) is 11.6. The van der Waals surface area contributed by atoms with Gasteiger partial charge in [0.15, 0.2) is 0 Å². The number of hydrogen-bond donors (Lipinski definition) is 1. The van der Waals surface area contributed by atoms with Crippen LogP contribution in [0.25, 0.3) is 10.9 Å². The Morgan fingerprint density at radius 1 is 1.35 bits per heavy atom. The average molecular weight is 295 g/mol. The average Bonchev–Trinajstić information content (AvgIpc) is 2.36. The van der Waals surface area contributed by atoms with E-state index < -0.39 is 15.9 Å². The standard InChI is InChI=1S/C12H13N3O4S/c1-20(18,19)14-11(16)6-7-15-8-13-10-5-3-2-4-9(10)12(15)17/h2-5,8H,6-7H2,1H3,(H,14,16). The molecule has 8 heteroatoms. The number of aromatic nitrogens is 2. The summed E-state index contributed by atoms with van der Waals surface area (Å²) in [6, 6.07) is 6.87. The number of sulfonamides is 1. The fraction of sp³-hybridized carbons (Fsp3) is 0.250. The summed E-state index contributed by atoms with van der Waals surface area (Å²) in [7, 11) is -3.58. The van der Waals surface area contributed by atoms with Gasteiger partial charge in [-0.15, -0.1) is 0 Å². The molecule has 20 heavy (non-hydrogen) atoms. The van der Waals surface area contributed by atoms with Gasteiger partial charge in [0.25, 0.3) is 5.56 Å². The van der Waals surface area contributed by atoms with Gasteiger partial charge in [0, 0.05) is 13.0 Å². The minimum atomic E-state index is -3.58. The van der Waals surface area contributed by atoms with Crippen molar-refractivity contribution in [2.24, 2.45) is 0 Å². The molecule has 0 unspecified atom stereocenters. The van der Waals surface area contributed by atoms with Crippen molar-refractivity contribution >= 4 is 26.8 Å². The van der Waals surface area contributed by atoms with E-state index in [-0.39, 0.29) is 18.5 Å². The second kappa shape index (κ2) is 5.41. The van der Waals surface area contributed by atoms with Gasteiger partial charge in [-0.25, -0.2) is 13.4 Å². The summed E-state index contributed by atoms with van der Waals surface area (Å²) < 4.78 is 24.9. The Morgan fingerprint density at radius 3 is 2.75 bits per heavy atom. The maximum atomic E-state index is 12.1. The van der Waals surface area contributed by atoms with Crippen molar-refractivity contribution in [2.75, 3.05) is 6.26 Å².